The Kier molecular flexibility index (Phi) is 5.36. The molecule has 2 fully saturated rings. The van der Waals surface area contributed by atoms with E-state index in [-0.39, 0.29) is 42.2 Å². The number of ketones is 1. The molecule has 148 valence electrons. The number of fused-ring (bicyclic) bond motifs is 1. The lowest BCUT2D eigenvalue weighted by atomic mass is 9.87. The van der Waals surface area contributed by atoms with Gasteiger partial charge >= 0.3 is 5.97 Å². The molecular formula is C19H25ClFN3O3. The van der Waals surface area contributed by atoms with Crippen LogP contribution in [0.25, 0.3) is 0 Å². The SMILES string of the molecule is Cc1c(F)c(N2CCNC(C)C2)cc2c1C(=O)C(C(=O)O)CN2C1CC1.Cl. The molecule has 6 nitrogen and oxygen atoms in total. The Morgan fingerprint density at radius 1 is 1.30 bits per heavy atom. The fourth-order valence-corrected chi connectivity index (χ4v) is 4.15. The highest BCUT2D eigenvalue weighted by atomic mass is 35.5. The summed E-state index contributed by atoms with van der Waals surface area (Å²) >= 11 is 0. The van der Waals surface area contributed by atoms with Crippen molar-refractivity contribution in [2.24, 2.45) is 5.92 Å². The van der Waals surface area contributed by atoms with Gasteiger partial charge in [-0.15, -0.1) is 12.4 Å². The summed E-state index contributed by atoms with van der Waals surface area (Å²) in [5.41, 5.74) is 1.74. The van der Waals surface area contributed by atoms with E-state index < -0.39 is 23.5 Å². The van der Waals surface area contributed by atoms with E-state index in [9.17, 15) is 14.7 Å². The zero-order valence-electron chi connectivity index (χ0n) is 15.5. The second-order valence-electron chi connectivity index (χ2n) is 7.67. The molecule has 1 aromatic carbocycles. The summed E-state index contributed by atoms with van der Waals surface area (Å²) in [5.74, 6) is -3.13. The maximum Gasteiger partial charge on any atom is 0.316 e. The zero-order valence-corrected chi connectivity index (χ0v) is 16.3. The summed E-state index contributed by atoms with van der Waals surface area (Å²) in [6.07, 6.45) is 1.97. The molecule has 4 rings (SSSR count). The van der Waals surface area contributed by atoms with Crippen LogP contribution in [-0.2, 0) is 4.79 Å². The van der Waals surface area contributed by atoms with E-state index in [2.05, 4.69) is 12.2 Å². The Balaban J connectivity index is 0.00000210. The fourth-order valence-electron chi connectivity index (χ4n) is 4.15. The van der Waals surface area contributed by atoms with E-state index in [0.717, 1.165) is 19.4 Å². The first-order chi connectivity index (χ1) is 12.4. The summed E-state index contributed by atoms with van der Waals surface area (Å²) in [5, 5.41) is 12.8. The third-order valence-corrected chi connectivity index (χ3v) is 5.71. The van der Waals surface area contributed by atoms with Gasteiger partial charge in [-0.05, 0) is 38.3 Å². The Labute approximate surface area is 164 Å². The number of halogens is 2. The van der Waals surface area contributed by atoms with Crippen molar-refractivity contribution in [3.05, 3.63) is 23.0 Å². The standard InChI is InChI=1S/C19H24FN3O3.ClH/c1-10-8-22(6-5-21-10)15-7-14-16(11(2)17(15)20)18(24)13(19(25)26)9-23(14)12-3-4-12;/h7,10,12-13,21H,3-6,8-9H2,1-2H3,(H,25,26);1H. The highest BCUT2D eigenvalue weighted by Crippen LogP contribution is 2.43. The van der Waals surface area contributed by atoms with E-state index in [4.69, 9.17) is 0 Å². The molecule has 1 aromatic rings. The smallest absolute Gasteiger partial charge is 0.316 e. The van der Waals surface area contributed by atoms with Gasteiger partial charge < -0.3 is 20.2 Å². The monoisotopic (exact) mass is 397 g/mol. The van der Waals surface area contributed by atoms with Crippen LogP contribution in [0, 0.1) is 18.7 Å². The minimum Gasteiger partial charge on any atom is -0.481 e. The van der Waals surface area contributed by atoms with Crippen molar-refractivity contribution in [1.82, 2.24) is 5.32 Å². The predicted molar refractivity (Wildman–Crippen MR) is 104 cm³/mol. The zero-order chi connectivity index (χ0) is 18.6. The first kappa shape index (κ1) is 19.9. The number of hydrogen-bond donors (Lipinski definition) is 2. The third-order valence-electron chi connectivity index (χ3n) is 5.71. The molecule has 27 heavy (non-hydrogen) atoms. The predicted octanol–water partition coefficient (Wildman–Crippen LogP) is 2.22. The number of nitrogens with one attached hydrogen (secondary N) is 1. The molecule has 0 amide bonds. The molecule has 1 saturated carbocycles. The van der Waals surface area contributed by atoms with Crippen molar-refractivity contribution < 1.29 is 19.1 Å². The number of carboxylic acids is 1. The number of anilines is 2. The van der Waals surface area contributed by atoms with Gasteiger partial charge in [-0.1, -0.05) is 0 Å². The molecule has 0 radical (unpaired) electrons. The van der Waals surface area contributed by atoms with Crippen molar-refractivity contribution in [1.29, 1.82) is 0 Å². The number of carbonyl (C=O) groups excluding carboxylic acids is 1. The van der Waals surface area contributed by atoms with Gasteiger partial charge in [0, 0.05) is 43.8 Å². The van der Waals surface area contributed by atoms with Crippen molar-refractivity contribution in [3.63, 3.8) is 0 Å². The molecule has 1 saturated heterocycles. The fraction of sp³-hybridized carbons (Fsp3) is 0.579. The molecule has 0 spiro atoms. The highest BCUT2D eigenvalue weighted by Gasteiger charge is 2.43. The molecule has 2 heterocycles. The molecule has 1 aliphatic carbocycles. The summed E-state index contributed by atoms with van der Waals surface area (Å²) < 4.78 is 15.2. The average molecular weight is 398 g/mol. The van der Waals surface area contributed by atoms with Crippen molar-refractivity contribution in [3.8, 4) is 0 Å². The maximum absolute atomic E-state index is 15.2. The second kappa shape index (κ2) is 7.28. The van der Waals surface area contributed by atoms with Crippen LogP contribution in [0.1, 0.15) is 35.7 Å². The number of rotatable bonds is 3. The summed E-state index contributed by atoms with van der Waals surface area (Å²) in [7, 11) is 0. The van der Waals surface area contributed by atoms with E-state index in [1.54, 1.807) is 13.0 Å². The van der Waals surface area contributed by atoms with Crippen LogP contribution in [0.4, 0.5) is 15.8 Å². The largest absolute Gasteiger partial charge is 0.481 e. The van der Waals surface area contributed by atoms with Crippen LogP contribution in [0.15, 0.2) is 6.07 Å². The van der Waals surface area contributed by atoms with Gasteiger partial charge in [0.2, 0.25) is 0 Å². The molecule has 8 heteroatoms. The lowest BCUT2D eigenvalue weighted by Crippen LogP contribution is -2.50. The quantitative estimate of drug-likeness (QED) is 0.762. The van der Waals surface area contributed by atoms with Crippen molar-refractivity contribution >= 4 is 35.5 Å². The minimum absolute atomic E-state index is 0. The molecule has 3 aliphatic rings. The minimum atomic E-state index is -1.13. The van der Waals surface area contributed by atoms with Crippen molar-refractivity contribution in [2.45, 2.75) is 38.8 Å². The number of nitrogens with zero attached hydrogens (tertiary/aromatic N) is 2. The number of piperazine rings is 1. The second-order valence-corrected chi connectivity index (χ2v) is 7.67. The van der Waals surface area contributed by atoms with E-state index in [1.165, 1.54) is 0 Å². The number of carbonyl (C=O) groups is 2. The third kappa shape index (κ3) is 3.38. The highest BCUT2D eigenvalue weighted by molar-refractivity contribution is 6.14. The summed E-state index contributed by atoms with van der Waals surface area (Å²) in [6.45, 7) is 6.01. The van der Waals surface area contributed by atoms with Crippen LogP contribution in [0.3, 0.4) is 0 Å². The van der Waals surface area contributed by atoms with Gasteiger partial charge in [-0.25, -0.2) is 4.39 Å². The number of hydrogen-bond acceptors (Lipinski definition) is 5. The van der Waals surface area contributed by atoms with E-state index in [0.29, 0.717) is 24.5 Å². The molecule has 0 aromatic heterocycles. The first-order valence-electron chi connectivity index (χ1n) is 9.23. The Bertz CT molecular complexity index is 784. The van der Waals surface area contributed by atoms with Crippen molar-refractivity contribution in [2.75, 3.05) is 36.0 Å². The van der Waals surface area contributed by atoms with Gasteiger partial charge in [0.1, 0.15) is 11.7 Å². The first-order valence-corrected chi connectivity index (χ1v) is 9.23. The number of aliphatic carboxylic acids is 1. The lowest BCUT2D eigenvalue weighted by molar-refractivity contribution is -0.139. The van der Waals surface area contributed by atoms with Gasteiger partial charge in [0.25, 0.3) is 0 Å². The maximum atomic E-state index is 15.2. The molecule has 2 unspecified atom stereocenters. The summed E-state index contributed by atoms with van der Waals surface area (Å²) in [4.78, 5) is 28.3. The van der Waals surface area contributed by atoms with Gasteiger partial charge in [-0.2, -0.15) is 0 Å². The summed E-state index contributed by atoms with van der Waals surface area (Å²) in [6, 6.07) is 2.28. The molecule has 0 bridgehead atoms. The lowest BCUT2D eigenvalue weighted by Gasteiger charge is -2.38. The van der Waals surface area contributed by atoms with Gasteiger partial charge in [0.05, 0.1) is 11.4 Å². The van der Waals surface area contributed by atoms with Gasteiger partial charge in [0.15, 0.2) is 5.78 Å². The number of Topliss-reactive ketones (excluding diaryl/α,β-unsaturated/α-hetero) is 1. The van der Waals surface area contributed by atoms with Crippen LogP contribution >= 0.6 is 12.4 Å². The van der Waals surface area contributed by atoms with Crippen LogP contribution in [0.2, 0.25) is 0 Å². The van der Waals surface area contributed by atoms with E-state index >= 15 is 4.39 Å². The van der Waals surface area contributed by atoms with Crippen LogP contribution in [-0.4, -0.2) is 55.1 Å². The van der Waals surface area contributed by atoms with Crippen LogP contribution < -0.4 is 15.1 Å². The molecule has 2 N–H and O–H groups in total. The number of carboxylic acid groups (broad SMARTS) is 1. The molecule has 2 aliphatic heterocycles. The van der Waals surface area contributed by atoms with Crippen LogP contribution in [0.5, 0.6) is 0 Å². The average Bonchev–Trinajstić information content (AvgIpc) is 3.42. The number of benzene rings is 1. The van der Waals surface area contributed by atoms with Gasteiger partial charge in [-0.3, -0.25) is 9.59 Å². The van der Waals surface area contributed by atoms with E-state index in [1.807, 2.05) is 9.80 Å². The molecule has 2 atom stereocenters. The topological polar surface area (TPSA) is 72.9 Å². The Hall–Kier alpha value is -1.86. The normalized spacial score (nSPS) is 25.1. The molecular weight excluding hydrogens is 373 g/mol. The Morgan fingerprint density at radius 3 is 2.59 bits per heavy atom. The Morgan fingerprint density at radius 2 is 2.00 bits per heavy atom.